The van der Waals surface area contributed by atoms with Crippen LogP contribution in [0.2, 0.25) is 0 Å². The second-order valence-electron chi connectivity index (χ2n) is 6.09. The van der Waals surface area contributed by atoms with Crippen LogP contribution in [-0.2, 0) is 19.1 Å². The minimum Gasteiger partial charge on any atom is -0.464 e. The summed E-state index contributed by atoms with van der Waals surface area (Å²) in [6.45, 7) is 7.30. The summed E-state index contributed by atoms with van der Waals surface area (Å²) in [4.78, 5) is 35.6. The summed E-state index contributed by atoms with van der Waals surface area (Å²) < 4.78 is 9.60. The second kappa shape index (κ2) is 8.29. The number of methoxy groups -OCH3 is 1. The number of ether oxygens (including phenoxy) is 2. The van der Waals surface area contributed by atoms with Gasteiger partial charge in [-0.25, -0.2) is 9.59 Å². The lowest BCUT2D eigenvalue weighted by molar-refractivity contribution is -0.136. The van der Waals surface area contributed by atoms with Gasteiger partial charge in [0.05, 0.1) is 19.3 Å². The minimum atomic E-state index is -0.651. The predicted molar refractivity (Wildman–Crippen MR) is 90.6 cm³/mol. The van der Waals surface area contributed by atoms with Crippen LogP contribution in [0.15, 0.2) is 36.0 Å². The molecule has 0 saturated heterocycles. The van der Waals surface area contributed by atoms with Gasteiger partial charge in [-0.1, -0.05) is 20.8 Å². The van der Waals surface area contributed by atoms with Crippen molar-refractivity contribution in [3.05, 3.63) is 41.6 Å². The number of nitrogens with one attached hydrogen (secondary N) is 1. The number of anilines is 1. The van der Waals surface area contributed by atoms with Crippen molar-refractivity contribution in [1.29, 1.82) is 0 Å². The number of rotatable bonds is 6. The van der Waals surface area contributed by atoms with Crippen molar-refractivity contribution in [1.82, 2.24) is 0 Å². The van der Waals surface area contributed by atoms with E-state index < -0.39 is 17.4 Å². The van der Waals surface area contributed by atoms with Crippen molar-refractivity contribution in [2.24, 2.45) is 5.41 Å². The molecule has 0 aliphatic carbocycles. The maximum absolute atomic E-state index is 12.1. The van der Waals surface area contributed by atoms with Crippen LogP contribution >= 0.6 is 0 Å². The van der Waals surface area contributed by atoms with Crippen molar-refractivity contribution in [2.75, 3.05) is 19.0 Å². The lowest BCUT2D eigenvalue weighted by Crippen LogP contribution is -2.22. The van der Waals surface area contributed by atoms with E-state index in [2.05, 4.69) is 5.32 Å². The topological polar surface area (TPSA) is 81.7 Å². The molecule has 6 heteroatoms. The Kier molecular flexibility index (Phi) is 6.70. The summed E-state index contributed by atoms with van der Waals surface area (Å²) in [6.07, 6.45) is 1.23. The van der Waals surface area contributed by atoms with Crippen molar-refractivity contribution < 1.29 is 23.9 Å². The van der Waals surface area contributed by atoms with Crippen LogP contribution in [0.5, 0.6) is 0 Å². The van der Waals surface area contributed by atoms with Gasteiger partial charge in [-0.2, -0.15) is 0 Å². The van der Waals surface area contributed by atoms with E-state index >= 15 is 0 Å². The van der Waals surface area contributed by atoms with E-state index in [1.54, 1.807) is 52.0 Å². The van der Waals surface area contributed by atoms with Crippen LogP contribution in [0, 0.1) is 5.41 Å². The van der Waals surface area contributed by atoms with E-state index in [1.165, 1.54) is 13.2 Å². The summed E-state index contributed by atoms with van der Waals surface area (Å²) in [5.41, 5.74) is 0.355. The number of benzene rings is 1. The lowest BCUT2D eigenvalue weighted by Gasteiger charge is -2.15. The third kappa shape index (κ3) is 5.53. The molecule has 0 fully saturated rings. The smallest absolute Gasteiger partial charge is 0.354 e. The molecule has 0 aliphatic rings. The molecular weight excluding hydrogens is 310 g/mol. The molecule has 24 heavy (non-hydrogen) atoms. The fourth-order valence-corrected chi connectivity index (χ4v) is 1.66. The normalized spacial score (nSPS) is 11.6. The van der Waals surface area contributed by atoms with Crippen molar-refractivity contribution in [2.45, 2.75) is 27.7 Å². The van der Waals surface area contributed by atoms with E-state index in [-0.39, 0.29) is 11.5 Å². The summed E-state index contributed by atoms with van der Waals surface area (Å²) >= 11 is 0. The first-order chi connectivity index (χ1) is 11.2. The van der Waals surface area contributed by atoms with Crippen LogP contribution in [0.3, 0.4) is 0 Å². The molecule has 6 nitrogen and oxygen atoms in total. The number of ketones is 1. The van der Waals surface area contributed by atoms with Gasteiger partial charge >= 0.3 is 11.9 Å². The van der Waals surface area contributed by atoms with Crippen LogP contribution in [-0.4, -0.2) is 31.4 Å². The molecule has 0 radical (unpaired) electrons. The van der Waals surface area contributed by atoms with Gasteiger partial charge in [-0.05, 0) is 31.2 Å². The first kappa shape index (κ1) is 19.4. The molecule has 1 N–H and O–H groups in total. The first-order valence-electron chi connectivity index (χ1n) is 7.57. The second-order valence-corrected chi connectivity index (χ2v) is 6.09. The molecule has 0 aliphatic heterocycles. The Morgan fingerprint density at radius 1 is 1.12 bits per heavy atom. The highest BCUT2D eigenvalue weighted by Crippen LogP contribution is 2.18. The molecule has 1 aromatic rings. The minimum absolute atomic E-state index is 0.0290. The number of allylic oxidation sites excluding steroid dienone is 1. The van der Waals surface area contributed by atoms with E-state index in [0.29, 0.717) is 17.9 Å². The largest absolute Gasteiger partial charge is 0.464 e. The highest BCUT2D eigenvalue weighted by molar-refractivity contribution is 6.03. The number of carbonyl (C=O) groups excluding carboxylic acids is 3. The number of hydrogen-bond acceptors (Lipinski definition) is 6. The van der Waals surface area contributed by atoms with Crippen LogP contribution in [0.25, 0.3) is 0 Å². The molecule has 0 saturated carbocycles. The standard InChI is InChI=1S/C18H23NO5/c1-6-24-16(21)12-7-9-13(10-8-12)19-14(17(22)23-5)11-15(20)18(2,3)4/h7-11,19H,6H2,1-5H3/b14-11+. The molecule has 0 amide bonds. The SMILES string of the molecule is CCOC(=O)c1ccc(N/C(=C/C(=O)C(C)(C)C)C(=O)OC)cc1. The van der Waals surface area contributed by atoms with Crippen LogP contribution < -0.4 is 5.32 Å². The summed E-state index contributed by atoms with van der Waals surface area (Å²) in [5, 5.41) is 2.84. The van der Waals surface area contributed by atoms with Crippen molar-refractivity contribution in [3.8, 4) is 0 Å². The van der Waals surface area contributed by atoms with Gasteiger partial charge in [0.2, 0.25) is 0 Å². The first-order valence-corrected chi connectivity index (χ1v) is 7.57. The summed E-state index contributed by atoms with van der Waals surface area (Å²) in [7, 11) is 1.24. The maximum atomic E-state index is 12.1. The quantitative estimate of drug-likeness (QED) is 0.637. The Morgan fingerprint density at radius 2 is 1.71 bits per heavy atom. The molecule has 0 spiro atoms. The average Bonchev–Trinajstić information content (AvgIpc) is 2.53. The third-order valence-electron chi connectivity index (χ3n) is 3.09. The van der Waals surface area contributed by atoms with Crippen molar-refractivity contribution in [3.63, 3.8) is 0 Å². The van der Waals surface area contributed by atoms with E-state index in [1.807, 2.05) is 0 Å². The molecule has 1 rings (SSSR count). The fourth-order valence-electron chi connectivity index (χ4n) is 1.66. The van der Waals surface area contributed by atoms with E-state index in [4.69, 9.17) is 9.47 Å². The zero-order valence-electron chi connectivity index (χ0n) is 14.6. The van der Waals surface area contributed by atoms with Crippen LogP contribution in [0.1, 0.15) is 38.1 Å². The molecule has 130 valence electrons. The highest BCUT2D eigenvalue weighted by atomic mass is 16.5. The zero-order valence-corrected chi connectivity index (χ0v) is 14.6. The van der Waals surface area contributed by atoms with Gasteiger partial charge in [0, 0.05) is 17.2 Å². The summed E-state index contributed by atoms with van der Waals surface area (Å²) in [5.74, 6) is -1.28. The molecular formula is C18H23NO5. The van der Waals surface area contributed by atoms with Gasteiger partial charge in [0.25, 0.3) is 0 Å². The van der Waals surface area contributed by atoms with Gasteiger partial charge < -0.3 is 14.8 Å². The highest BCUT2D eigenvalue weighted by Gasteiger charge is 2.22. The Morgan fingerprint density at radius 3 is 2.17 bits per heavy atom. The van der Waals surface area contributed by atoms with Crippen LogP contribution in [0.4, 0.5) is 5.69 Å². The Labute approximate surface area is 141 Å². The zero-order chi connectivity index (χ0) is 18.3. The lowest BCUT2D eigenvalue weighted by atomic mass is 9.90. The Balaban J connectivity index is 2.99. The molecule has 1 aromatic carbocycles. The third-order valence-corrected chi connectivity index (χ3v) is 3.09. The molecule has 0 unspecified atom stereocenters. The van der Waals surface area contributed by atoms with Gasteiger partial charge in [-0.3, -0.25) is 4.79 Å². The number of hydrogen-bond donors (Lipinski definition) is 1. The van der Waals surface area contributed by atoms with Crippen molar-refractivity contribution >= 4 is 23.4 Å². The maximum Gasteiger partial charge on any atom is 0.354 e. The molecule has 0 heterocycles. The van der Waals surface area contributed by atoms with Gasteiger partial charge in [0.15, 0.2) is 5.78 Å². The van der Waals surface area contributed by atoms with Gasteiger partial charge in [-0.15, -0.1) is 0 Å². The van der Waals surface area contributed by atoms with E-state index in [9.17, 15) is 14.4 Å². The Bertz CT molecular complexity index is 638. The van der Waals surface area contributed by atoms with E-state index in [0.717, 1.165) is 0 Å². The average molecular weight is 333 g/mol. The molecule has 0 bridgehead atoms. The monoisotopic (exact) mass is 333 g/mol. The fraction of sp³-hybridized carbons (Fsp3) is 0.389. The predicted octanol–water partition coefficient (Wildman–Crippen LogP) is 2.95. The molecule has 0 atom stereocenters. The Hall–Kier alpha value is -2.63. The van der Waals surface area contributed by atoms with Gasteiger partial charge in [0.1, 0.15) is 5.70 Å². The number of esters is 2. The molecule has 0 aromatic heterocycles. The number of carbonyl (C=O) groups is 3. The summed E-state index contributed by atoms with van der Waals surface area (Å²) in [6, 6.07) is 6.37.